The average Bonchev–Trinajstić information content (AvgIpc) is 2.74. The summed E-state index contributed by atoms with van der Waals surface area (Å²) < 4.78 is 28.8. The van der Waals surface area contributed by atoms with Gasteiger partial charge in [0.15, 0.2) is 0 Å². The predicted octanol–water partition coefficient (Wildman–Crippen LogP) is 0.562. The molecule has 2 heterocycles. The standard InChI is InChI=1S/C9H16INO3S2/c1-11(2)7-8(14-4-10)5-3-6(16(12)13)9(7)15-5/h5-9,16H,3-4H2,1-2H3. The van der Waals surface area contributed by atoms with E-state index in [0.717, 1.165) is 6.42 Å². The van der Waals surface area contributed by atoms with Crippen LogP contribution in [0.4, 0.5) is 0 Å². The van der Waals surface area contributed by atoms with E-state index in [1.807, 2.05) is 14.1 Å². The van der Waals surface area contributed by atoms with Gasteiger partial charge in [-0.15, -0.1) is 11.8 Å². The van der Waals surface area contributed by atoms with Crippen LogP contribution in [-0.2, 0) is 15.4 Å². The number of halogens is 1. The van der Waals surface area contributed by atoms with Crippen molar-refractivity contribution < 1.29 is 13.2 Å². The van der Waals surface area contributed by atoms with Crippen molar-refractivity contribution in [1.82, 2.24) is 4.90 Å². The number of rotatable bonds is 4. The van der Waals surface area contributed by atoms with Crippen LogP contribution in [0.25, 0.3) is 0 Å². The van der Waals surface area contributed by atoms with E-state index in [1.54, 1.807) is 11.8 Å². The van der Waals surface area contributed by atoms with Crippen molar-refractivity contribution in [3.8, 4) is 0 Å². The topological polar surface area (TPSA) is 46.6 Å². The SMILES string of the molecule is CN(C)C1C(OCI)C2CC([SH](=O)=O)C1S2. The normalized spacial score (nSPS) is 42.4. The van der Waals surface area contributed by atoms with Gasteiger partial charge >= 0.3 is 0 Å². The molecule has 4 nitrogen and oxygen atoms in total. The Bertz CT molecular complexity index is 329. The summed E-state index contributed by atoms with van der Waals surface area (Å²) in [5, 5.41) is 0.380. The molecule has 2 bridgehead atoms. The summed E-state index contributed by atoms with van der Waals surface area (Å²) in [6, 6.07) is 0.233. The van der Waals surface area contributed by atoms with Gasteiger partial charge in [-0.1, -0.05) is 22.6 Å². The molecule has 2 fully saturated rings. The van der Waals surface area contributed by atoms with Crippen molar-refractivity contribution in [2.45, 2.75) is 34.3 Å². The maximum Gasteiger partial charge on any atom is 0.144 e. The number of hydrogen-bond acceptors (Lipinski definition) is 5. The van der Waals surface area contributed by atoms with E-state index in [1.165, 1.54) is 0 Å². The third-order valence-corrected chi connectivity index (χ3v) is 6.71. The number of likely N-dealkylation sites (N-methyl/N-ethyl adjacent to an activating group) is 1. The van der Waals surface area contributed by atoms with Crippen LogP contribution < -0.4 is 0 Å². The fourth-order valence-electron chi connectivity index (χ4n) is 2.72. The van der Waals surface area contributed by atoms with E-state index in [9.17, 15) is 8.42 Å². The van der Waals surface area contributed by atoms with E-state index >= 15 is 0 Å². The molecule has 0 amide bonds. The van der Waals surface area contributed by atoms with Crippen molar-refractivity contribution in [2.24, 2.45) is 0 Å². The molecule has 2 rings (SSSR count). The number of fused-ring (bicyclic) bond motifs is 2. The van der Waals surface area contributed by atoms with Crippen LogP contribution in [0.5, 0.6) is 0 Å². The highest BCUT2D eigenvalue weighted by Gasteiger charge is 2.56. The second kappa shape index (κ2) is 5.29. The summed E-state index contributed by atoms with van der Waals surface area (Å²) in [5.74, 6) is 0. The molecule has 0 aromatic rings. The molecule has 7 heteroatoms. The summed E-state index contributed by atoms with van der Waals surface area (Å²) in [6.07, 6.45) is 0.952. The van der Waals surface area contributed by atoms with Crippen molar-refractivity contribution in [3.05, 3.63) is 0 Å². The molecule has 16 heavy (non-hydrogen) atoms. The molecular formula is C9H16INO3S2. The largest absolute Gasteiger partial charge is 0.365 e. The van der Waals surface area contributed by atoms with Crippen LogP contribution in [0.15, 0.2) is 0 Å². The van der Waals surface area contributed by atoms with Crippen LogP contribution in [0, 0.1) is 0 Å². The second-order valence-electron chi connectivity index (χ2n) is 4.42. The van der Waals surface area contributed by atoms with E-state index in [-0.39, 0.29) is 22.6 Å². The van der Waals surface area contributed by atoms with Crippen molar-refractivity contribution in [3.63, 3.8) is 0 Å². The Kier molecular flexibility index (Phi) is 4.43. The molecule has 94 valence electrons. The Balaban J connectivity index is 2.18. The molecule has 0 aliphatic carbocycles. The van der Waals surface area contributed by atoms with Gasteiger partial charge in [0.05, 0.1) is 16.0 Å². The first-order chi connectivity index (χ1) is 7.56. The van der Waals surface area contributed by atoms with Crippen LogP contribution in [-0.4, -0.2) is 59.9 Å². The Morgan fingerprint density at radius 1 is 1.50 bits per heavy atom. The molecule has 0 spiro atoms. The zero-order valence-electron chi connectivity index (χ0n) is 9.21. The molecule has 2 saturated heterocycles. The van der Waals surface area contributed by atoms with Gasteiger partial charge in [0.1, 0.15) is 10.7 Å². The molecule has 0 aromatic carbocycles. The minimum atomic E-state index is -2.30. The molecule has 5 atom stereocenters. The van der Waals surface area contributed by atoms with Crippen LogP contribution in [0.2, 0.25) is 0 Å². The van der Waals surface area contributed by atoms with E-state index < -0.39 is 10.7 Å². The highest BCUT2D eigenvalue weighted by atomic mass is 127. The van der Waals surface area contributed by atoms with E-state index in [0.29, 0.717) is 9.86 Å². The maximum absolute atomic E-state index is 11.2. The number of nitrogens with zero attached hydrogens (tertiary/aromatic N) is 1. The zero-order chi connectivity index (χ0) is 11.9. The van der Waals surface area contributed by atoms with E-state index in [2.05, 4.69) is 27.5 Å². The summed E-state index contributed by atoms with van der Waals surface area (Å²) in [5.41, 5.74) is 0. The lowest BCUT2D eigenvalue weighted by Gasteiger charge is -2.36. The monoisotopic (exact) mass is 377 g/mol. The minimum absolute atomic E-state index is 0.161. The summed E-state index contributed by atoms with van der Waals surface area (Å²) >= 11 is 4.00. The highest BCUT2D eigenvalue weighted by molar-refractivity contribution is 14.1. The summed E-state index contributed by atoms with van der Waals surface area (Å²) in [6.45, 7) is 0. The molecule has 2 aliphatic rings. The Labute approximate surface area is 116 Å². The van der Waals surface area contributed by atoms with Gasteiger partial charge in [-0.3, -0.25) is 0 Å². The van der Waals surface area contributed by atoms with Gasteiger partial charge in [-0.2, -0.15) is 0 Å². The number of alkyl halides is 1. The lowest BCUT2D eigenvalue weighted by Crippen LogP contribution is -2.52. The van der Waals surface area contributed by atoms with Gasteiger partial charge in [0, 0.05) is 16.5 Å². The quantitative estimate of drug-likeness (QED) is 0.441. The van der Waals surface area contributed by atoms with Crippen LogP contribution >= 0.6 is 34.4 Å². The molecule has 5 unspecified atom stereocenters. The van der Waals surface area contributed by atoms with Crippen LogP contribution in [0.3, 0.4) is 0 Å². The first-order valence-electron chi connectivity index (χ1n) is 5.19. The number of ether oxygens (including phenoxy) is 1. The zero-order valence-corrected chi connectivity index (χ0v) is 13.1. The summed E-state index contributed by atoms with van der Waals surface area (Å²) in [4.78, 5) is 2.11. The Morgan fingerprint density at radius 2 is 2.19 bits per heavy atom. The molecule has 0 aromatic heterocycles. The number of thiol groups is 1. The van der Waals surface area contributed by atoms with E-state index in [4.69, 9.17) is 4.74 Å². The third-order valence-electron chi connectivity index (χ3n) is 3.35. The van der Waals surface area contributed by atoms with Crippen molar-refractivity contribution in [2.75, 3.05) is 18.7 Å². The lowest BCUT2D eigenvalue weighted by molar-refractivity contribution is 0.0221. The van der Waals surface area contributed by atoms with Gasteiger partial charge in [-0.25, -0.2) is 8.42 Å². The average molecular weight is 377 g/mol. The molecule has 0 saturated carbocycles. The fourth-order valence-corrected chi connectivity index (χ4v) is 6.57. The molecule has 0 radical (unpaired) electrons. The first kappa shape index (κ1) is 13.4. The third kappa shape index (κ3) is 2.25. The fraction of sp³-hybridized carbons (Fsp3) is 1.00. The molecule has 2 aliphatic heterocycles. The second-order valence-corrected chi connectivity index (χ2v) is 7.70. The summed E-state index contributed by atoms with van der Waals surface area (Å²) in [7, 11) is 1.71. The Morgan fingerprint density at radius 3 is 2.69 bits per heavy atom. The minimum Gasteiger partial charge on any atom is -0.365 e. The van der Waals surface area contributed by atoms with Gasteiger partial charge in [0.25, 0.3) is 0 Å². The van der Waals surface area contributed by atoms with Gasteiger partial charge < -0.3 is 9.64 Å². The van der Waals surface area contributed by atoms with Crippen molar-refractivity contribution in [1.29, 1.82) is 0 Å². The predicted molar refractivity (Wildman–Crippen MR) is 75.1 cm³/mol. The molecule has 0 N–H and O–H groups in total. The molecular weight excluding hydrogens is 361 g/mol. The number of thioether (sulfide) groups is 1. The van der Waals surface area contributed by atoms with Crippen molar-refractivity contribution >= 4 is 45.1 Å². The van der Waals surface area contributed by atoms with Crippen LogP contribution in [0.1, 0.15) is 6.42 Å². The number of hydrogen-bond donors (Lipinski definition) is 1. The first-order valence-corrected chi connectivity index (χ1v) is 8.90. The smallest absolute Gasteiger partial charge is 0.144 e. The lowest BCUT2D eigenvalue weighted by atomic mass is 9.91. The maximum atomic E-state index is 11.2. The van der Waals surface area contributed by atoms with Gasteiger partial charge in [0.2, 0.25) is 0 Å². The highest BCUT2D eigenvalue weighted by Crippen LogP contribution is 2.50. The van der Waals surface area contributed by atoms with Gasteiger partial charge in [-0.05, 0) is 20.5 Å². The Hall–Kier alpha value is 0.950.